The maximum absolute atomic E-state index is 10.9. The summed E-state index contributed by atoms with van der Waals surface area (Å²) in [5.41, 5.74) is 2.37. The second-order valence-electron chi connectivity index (χ2n) is 3.33. The Morgan fingerprint density at radius 1 is 1.59 bits per heavy atom. The van der Waals surface area contributed by atoms with Gasteiger partial charge in [0.1, 0.15) is 5.69 Å². The Bertz CT molecular complexity index is 407. The van der Waals surface area contributed by atoms with Crippen molar-refractivity contribution >= 4 is 11.4 Å². The fourth-order valence-corrected chi connectivity index (χ4v) is 1.35. The third kappa shape index (κ3) is 3.46. The molecule has 6 heteroatoms. The SMILES string of the molecule is C=CCCCOc1cccc(NN)c1[N+](=O)[O-]. The Labute approximate surface area is 99.2 Å². The number of unbranched alkanes of at least 4 members (excludes halogenated alkanes) is 1. The maximum Gasteiger partial charge on any atom is 0.335 e. The molecule has 92 valence electrons. The molecule has 0 saturated carbocycles. The molecule has 0 atom stereocenters. The molecule has 0 aliphatic carbocycles. The number of anilines is 1. The highest BCUT2D eigenvalue weighted by molar-refractivity contribution is 5.67. The number of hydrogen-bond acceptors (Lipinski definition) is 5. The molecule has 3 N–H and O–H groups in total. The van der Waals surface area contributed by atoms with Crippen LogP contribution in [0.3, 0.4) is 0 Å². The minimum absolute atomic E-state index is 0.145. The Balaban J connectivity index is 2.83. The average molecular weight is 237 g/mol. The number of hydrogen-bond donors (Lipinski definition) is 2. The van der Waals surface area contributed by atoms with Crippen molar-refractivity contribution in [2.75, 3.05) is 12.0 Å². The number of nitrogens with one attached hydrogen (secondary N) is 1. The first-order valence-corrected chi connectivity index (χ1v) is 5.18. The van der Waals surface area contributed by atoms with Crippen molar-refractivity contribution in [3.05, 3.63) is 41.0 Å². The quantitative estimate of drug-likeness (QED) is 0.249. The zero-order valence-electron chi connectivity index (χ0n) is 9.39. The van der Waals surface area contributed by atoms with E-state index >= 15 is 0 Å². The molecule has 0 bridgehead atoms. The Morgan fingerprint density at radius 3 is 2.94 bits per heavy atom. The number of nitrogens with zero attached hydrogens (tertiary/aromatic N) is 1. The third-order valence-electron chi connectivity index (χ3n) is 2.15. The average Bonchev–Trinajstić information content (AvgIpc) is 2.33. The molecule has 0 spiro atoms. The van der Waals surface area contributed by atoms with Gasteiger partial charge in [-0.15, -0.1) is 6.58 Å². The summed E-state index contributed by atoms with van der Waals surface area (Å²) < 4.78 is 5.36. The van der Waals surface area contributed by atoms with Crippen LogP contribution in [-0.2, 0) is 0 Å². The van der Waals surface area contributed by atoms with E-state index in [4.69, 9.17) is 10.6 Å². The van der Waals surface area contributed by atoms with Crippen molar-refractivity contribution in [2.24, 2.45) is 5.84 Å². The molecular weight excluding hydrogens is 222 g/mol. The number of benzene rings is 1. The molecule has 0 aliphatic rings. The number of nitro benzene ring substituents is 1. The first-order valence-electron chi connectivity index (χ1n) is 5.18. The summed E-state index contributed by atoms with van der Waals surface area (Å²) >= 11 is 0. The van der Waals surface area contributed by atoms with Crippen molar-refractivity contribution < 1.29 is 9.66 Å². The number of ether oxygens (including phenoxy) is 1. The van der Waals surface area contributed by atoms with Gasteiger partial charge in [0.25, 0.3) is 0 Å². The van der Waals surface area contributed by atoms with Crippen LogP contribution in [-0.4, -0.2) is 11.5 Å². The number of allylic oxidation sites excluding steroid dienone is 1. The molecule has 0 amide bonds. The molecule has 1 aromatic rings. The molecule has 17 heavy (non-hydrogen) atoms. The van der Waals surface area contributed by atoms with Gasteiger partial charge in [0.2, 0.25) is 0 Å². The van der Waals surface area contributed by atoms with Gasteiger partial charge < -0.3 is 10.2 Å². The van der Waals surface area contributed by atoms with Crippen LogP contribution in [0.4, 0.5) is 11.4 Å². The van der Waals surface area contributed by atoms with Crippen molar-refractivity contribution in [1.29, 1.82) is 0 Å². The van der Waals surface area contributed by atoms with E-state index in [2.05, 4.69) is 12.0 Å². The first-order chi connectivity index (χ1) is 8.20. The topological polar surface area (TPSA) is 90.4 Å². The van der Waals surface area contributed by atoms with Crippen molar-refractivity contribution in [2.45, 2.75) is 12.8 Å². The zero-order chi connectivity index (χ0) is 12.7. The predicted octanol–water partition coefficient (Wildman–Crippen LogP) is 2.23. The lowest BCUT2D eigenvalue weighted by Crippen LogP contribution is -2.10. The van der Waals surface area contributed by atoms with Gasteiger partial charge >= 0.3 is 5.69 Å². The van der Waals surface area contributed by atoms with Crippen LogP contribution in [0.2, 0.25) is 0 Å². The Hall–Kier alpha value is -2.08. The summed E-state index contributed by atoms with van der Waals surface area (Å²) in [7, 11) is 0. The molecule has 0 unspecified atom stereocenters. The molecule has 0 fully saturated rings. The van der Waals surface area contributed by atoms with Crippen LogP contribution in [0.5, 0.6) is 5.75 Å². The predicted molar refractivity (Wildman–Crippen MR) is 65.8 cm³/mol. The lowest BCUT2D eigenvalue weighted by Gasteiger charge is -2.08. The molecule has 1 rings (SSSR count). The molecule has 0 aliphatic heterocycles. The Kier molecular flexibility index (Phi) is 4.96. The van der Waals surface area contributed by atoms with E-state index in [1.54, 1.807) is 18.2 Å². The van der Waals surface area contributed by atoms with E-state index in [9.17, 15) is 10.1 Å². The molecule has 1 aromatic carbocycles. The van der Waals surface area contributed by atoms with Crippen LogP contribution >= 0.6 is 0 Å². The van der Waals surface area contributed by atoms with Gasteiger partial charge in [0, 0.05) is 0 Å². The highest BCUT2D eigenvalue weighted by Gasteiger charge is 2.20. The monoisotopic (exact) mass is 237 g/mol. The van der Waals surface area contributed by atoms with E-state index in [1.165, 1.54) is 6.07 Å². The molecule has 0 heterocycles. The summed E-state index contributed by atoms with van der Waals surface area (Å²) in [6.45, 7) is 3.99. The molecule has 0 saturated heterocycles. The van der Waals surface area contributed by atoms with Crippen LogP contribution in [0.1, 0.15) is 12.8 Å². The normalized spacial score (nSPS) is 9.71. The smallest absolute Gasteiger partial charge is 0.335 e. The van der Waals surface area contributed by atoms with Crippen molar-refractivity contribution in [1.82, 2.24) is 0 Å². The number of nitro groups is 1. The summed E-state index contributed by atoms with van der Waals surface area (Å²) in [6.07, 6.45) is 3.35. The van der Waals surface area contributed by atoms with Crippen LogP contribution in [0.25, 0.3) is 0 Å². The van der Waals surface area contributed by atoms with Gasteiger partial charge in [0.15, 0.2) is 5.75 Å². The molecular formula is C11H15N3O3. The maximum atomic E-state index is 10.9. The number of para-hydroxylation sites is 1. The van der Waals surface area contributed by atoms with Gasteiger partial charge in [0.05, 0.1) is 11.5 Å². The highest BCUT2D eigenvalue weighted by Crippen LogP contribution is 2.34. The van der Waals surface area contributed by atoms with Crippen molar-refractivity contribution in [3.63, 3.8) is 0 Å². The van der Waals surface area contributed by atoms with Gasteiger partial charge in [-0.25, -0.2) is 0 Å². The summed E-state index contributed by atoms with van der Waals surface area (Å²) in [6, 6.07) is 4.71. The molecule has 6 nitrogen and oxygen atoms in total. The van der Waals surface area contributed by atoms with E-state index < -0.39 is 4.92 Å². The molecule has 0 aromatic heterocycles. The summed E-state index contributed by atoms with van der Waals surface area (Å²) in [4.78, 5) is 10.4. The van der Waals surface area contributed by atoms with E-state index in [0.717, 1.165) is 12.8 Å². The fourth-order valence-electron chi connectivity index (χ4n) is 1.35. The second kappa shape index (κ2) is 6.49. The number of rotatable bonds is 7. The van der Waals surface area contributed by atoms with E-state index in [0.29, 0.717) is 6.61 Å². The second-order valence-corrected chi connectivity index (χ2v) is 3.33. The summed E-state index contributed by atoms with van der Waals surface area (Å²) in [5, 5.41) is 10.9. The number of hydrazine groups is 1. The van der Waals surface area contributed by atoms with E-state index in [1.807, 2.05) is 0 Å². The van der Waals surface area contributed by atoms with Crippen LogP contribution in [0, 0.1) is 10.1 Å². The lowest BCUT2D eigenvalue weighted by atomic mass is 10.2. The van der Waals surface area contributed by atoms with Gasteiger partial charge in [-0.2, -0.15) is 0 Å². The van der Waals surface area contributed by atoms with Gasteiger partial charge in [-0.3, -0.25) is 16.0 Å². The summed E-state index contributed by atoms with van der Waals surface area (Å²) in [5.74, 6) is 5.43. The van der Waals surface area contributed by atoms with Gasteiger partial charge in [-0.1, -0.05) is 12.1 Å². The lowest BCUT2D eigenvalue weighted by molar-refractivity contribution is -0.385. The van der Waals surface area contributed by atoms with Crippen LogP contribution < -0.4 is 16.0 Å². The van der Waals surface area contributed by atoms with Crippen LogP contribution in [0.15, 0.2) is 30.9 Å². The minimum atomic E-state index is -0.516. The van der Waals surface area contributed by atoms with Gasteiger partial charge in [-0.05, 0) is 25.0 Å². The Morgan fingerprint density at radius 2 is 2.35 bits per heavy atom. The van der Waals surface area contributed by atoms with E-state index in [-0.39, 0.29) is 17.1 Å². The standard InChI is InChI=1S/C11H15N3O3/c1-2-3-4-8-17-10-7-5-6-9(13-12)11(10)14(15)16/h2,5-7,13H,1,3-4,8,12H2. The first kappa shape index (κ1) is 13.0. The largest absolute Gasteiger partial charge is 0.487 e. The number of nitrogen functional groups attached to an aromatic ring is 1. The highest BCUT2D eigenvalue weighted by atomic mass is 16.6. The third-order valence-corrected chi connectivity index (χ3v) is 2.15. The molecule has 0 radical (unpaired) electrons. The fraction of sp³-hybridized carbons (Fsp3) is 0.273. The zero-order valence-corrected chi connectivity index (χ0v) is 9.39. The van der Waals surface area contributed by atoms with Crippen molar-refractivity contribution in [3.8, 4) is 5.75 Å². The number of nitrogens with two attached hydrogens (primary N) is 1. The minimum Gasteiger partial charge on any atom is -0.487 e.